The molecule has 0 unspecified atom stereocenters. The summed E-state index contributed by atoms with van der Waals surface area (Å²) in [6.45, 7) is 1.43. The van der Waals surface area contributed by atoms with Crippen molar-refractivity contribution in [3.05, 3.63) is 22.6 Å². The first-order chi connectivity index (χ1) is 7.25. The number of carbonyl (C=O) groups is 1. The number of rotatable bonds is 3. The summed E-state index contributed by atoms with van der Waals surface area (Å²) in [5, 5.41) is 0. The zero-order valence-corrected chi connectivity index (χ0v) is 9.96. The van der Waals surface area contributed by atoms with Crippen molar-refractivity contribution in [2.45, 2.75) is 19.3 Å². The minimum absolute atomic E-state index is 0.174. The quantitative estimate of drug-likeness (QED) is 0.849. The van der Waals surface area contributed by atoms with E-state index < -0.39 is 0 Å². The van der Waals surface area contributed by atoms with Gasteiger partial charge < -0.3 is 9.15 Å². The number of Topliss-reactive ketones (excluding diaryl/α,β-unsaturated/α-hetero) is 1. The average molecular weight is 273 g/mol. The third kappa shape index (κ3) is 2.92. The highest BCUT2D eigenvalue weighted by Crippen LogP contribution is 2.20. The summed E-state index contributed by atoms with van der Waals surface area (Å²) < 4.78 is 11.0. The third-order valence-electron chi connectivity index (χ3n) is 2.68. The fourth-order valence-corrected chi connectivity index (χ4v) is 2.19. The van der Waals surface area contributed by atoms with Crippen molar-refractivity contribution < 1.29 is 13.9 Å². The third-order valence-corrected chi connectivity index (χ3v) is 3.09. The molecule has 1 saturated heterocycles. The maximum atomic E-state index is 11.9. The number of halogens is 1. The number of ketones is 1. The van der Waals surface area contributed by atoms with Crippen LogP contribution in [0.5, 0.6) is 0 Å². The summed E-state index contributed by atoms with van der Waals surface area (Å²) >= 11 is 3.22. The van der Waals surface area contributed by atoms with Gasteiger partial charge in [0, 0.05) is 25.6 Å². The monoisotopic (exact) mass is 272 g/mol. The molecular weight excluding hydrogens is 260 g/mol. The van der Waals surface area contributed by atoms with E-state index in [2.05, 4.69) is 15.9 Å². The Balaban J connectivity index is 1.91. The van der Waals surface area contributed by atoms with Gasteiger partial charge in [-0.25, -0.2) is 0 Å². The van der Waals surface area contributed by atoms with Crippen LogP contribution in [0.4, 0.5) is 0 Å². The molecule has 1 aromatic heterocycles. The molecule has 0 amide bonds. The van der Waals surface area contributed by atoms with Crippen LogP contribution < -0.4 is 0 Å². The molecule has 0 aliphatic carbocycles. The first kappa shape index (κ1) is 10.9. The van der Waals surface area contributed by atoms with E-state index in [0.29, 0.717) is 30.1 Å². The molecule has 1 aliphatic rings. The summed E-state index contributed by atoms with van der Waals surface area (Å²) in [5.41, 5.74) is 0.943. The van der Waals surface area contributed by atoms with E-state index in [9.17, 15) is 4.79 Å². The minimum atomic E-state index is 0.174. The van der Waals surface area contributed by atoms with Crippen molar-refractivity contribution in [3.8, 4) is 0 Å². The molecule has 0 radical (unpaired) electrons. The molecule has 0 saturated carbocycles. The second-order valence-corrected chi connectivity index (χ2v) is 4.57. The van der Waals surface area contributed by atoms with Crippen LogP contribution in [0.2, 0.25) is 0 Å². The first-order valence-corrected chi connectivity index (χ1v) is 5.88. The molecule has 4 heteroatoms. The number of hydrogen-bond acceptors (Lipinski definition) is 3. The van der Waals surface area contributed by atoms with Crippen molar-refractivity contribution in [2.75, 3.05) is 13.2 Å². The lowest BCUT2D eigenvalue weighted by Gasteiger charge is -2.20. The number of furan rings is 1. The standard InChI is InChI=1S/C11H13BrO3/c12-11-6-8(7-15-11)5-10(13)9-1-3-14-4-2-9/h6-7,9H,1-5H2. The summed E-state index contributed by atoms with van der Waals surface area (Å²) in [6, 6.07) is 1.84. The zero-order chi connectivity index (χ0) is 10.7. The van der Waals surface area contributed by atoms with Crippen molar-refractivity contribution >= 4 is 21.7 Å². The van der Waals surface area contributed by atoms with Crippen LogP contribution in [0.25, 0.3) is 0 Å². The van der Waals surface area contributed by atoms with E-state index >= 15 is 0 Å². The van der Waals surface area contributed by atoms with Gasteiger partial charge >= 0.3 is 0 Å². The smallest absolute Gasteiger partial charge is 0.169 e. The normalized spacial score (nSPS) is 17.9. The van der Waals surface area contributed by atoms with Gasteiger partial charge in [-0.2, -0.15) is 0 Å². The number of ether oxygens (including phenoxy) is 1. The highest BCUT2D eigenvalue weighted by molar-refractivity contribution is 9.10. The van der Waals surface area contributed by atoms with Gasteiger partial charge in [0.2, 0.25) is 0 Å². The largest absolute Gasteiger partial charge is 0.457 e. The maximum absolute atomic E-state index is 11.9. The van der Waals surface area contributed by atoms with Crippen LogP contribution in [-0.4, -0.2) is 19.0 Å². The van der Waals surface area contributed by atoms with Crippen molar-refractivity contribution in [1.29, 1.82) is 0 Å². The first-order valence-electron chi connectivity index (χ1n) is 5.09. The molecular formula is C11H13BrO3. The number of carbonyl (C=O) groups excluding carboxylic acids is 1. The second kappa shape index (κ2) is 4.94. The average Bonchev–Trinajstić information content (AvgIpc) is 2.65. The summed E-state index contributed by atoms with van der Waals surface area (Å²) in [4.78, 5) is 11.9. The van der Waals surface area contributed by atoms with E-state index in [-0.39, 0.29) is 5.92 Å². The van der Waals surface area contributed by atoms with Gasteiger partial charge in [-0.1, -0.05) is 0 Å². The Kier molecular flexibility index (Phi) is 3.59. The molecule has 2 rings (SSSR count). The van der Waals surface area contributed by atoms with E-state index in [1.54, 1.807) is 6.26 Å². The molecule has 0 aromatic carbocycles. The van der Waals surface area contributed by atoms with Crippen molar-refractivity contribution in [3.63, 3.8) is 0 Å². The van der Waals surface area contributed by atoms with Gasteiger partial charge in [0.15, 0.2) is 4.67 Å². The second-order valence-electron chi connectivity index (χ2n) is 3.79. The molecule has 82 valence electrons. The molecule has 0 N–H and O–H groups in total. The summed E-state index contributed by atoms with van der Waals surface area (Å²) in [5.74, 6) is 0.471. The van der Waals surface area contributed by atoms with Gasteiger partial charge in [0.25, 0.3) is 0 Å². The lowest BCUT2D eigenvalue weighted by atomic mass is 9.92. The Bertz CT molecular complexity index is 339. The maximum Gasteiger partial charge on any atom is 0.169 e. The van der Waals surface area contributed by atoms with Gasteiger partial charge in [-0.15, -0.1) is 0 Å². The van der Waals surface area contributed by atoms with Crippen LogP contribution in [0.3, 0.4) is 0 Å². The lowest BCUT2D eigenvalue weighted by molar-refractivity contribution is -0.125. The zero-order valence-electron chi connectivity index (χ0n) is 8.37. The molecule has 2 heterocycles. The molecule has 0 atom stereocenters. The highest BCUT2D eigenvalue weighted by Gasteiger charge is 2.21. The topological polar surface area (TPSA) is 39.4 Å². The van der Waals surface area contributed by atoms with Crippen LogP contribution >= 0.6 is 15.9 Å². The molecule has 1 aromatic rings. The number of hydrogen-bond donors (Lipinski definition) is 0. The fourth-order valence-electron chi connectivity index (χ4n) is 1.80. The van der Waals surface area contributed by atoms with E-state index in [1.165, 1.54) is 0 Å². The van der Waals surface area contributed by atoms with Crippen LogP contribution in [0.1, 0.15) is 18.4 Å². The fraction of sp³-hybridized carbons (Fsp3) is 0.545. The minimum Gasteiger partial charge on any atom is -0.457 e. The Morgan fingerprint density at radius 3 is 2.80 bits per heavy atom. The van der Waals surface area contributed by atoms with E-state index in [0.717, 1.165) is 18.4 Å². The Hall–Kier alpha value is -0.610. The van der Waals surface area contributed by atoms with Gasteiger partial charge in [0.05, 0.1) is 6.26 Å². The molecule has 0 bridgehead atoms. The Labute approximate surface area is 96.9 Å². The van der Waals surface area contributed by atoms with Gasteiger partial charge in [0.1, 0.15) is 5.78 Å². The van der Waals surface area contributed by atoms with E-state index in [1.807, 2.05) is 6.07 Å². The van der Waals surface area contributed by atoms with Gasteiger partial charge in [-0.3, -0.25) is 4.79 Å². The van der Waals surface area contributed by atoms with Crippen LogP contribution in [-0.2, 0) is 16.0 Å². The molecule has 1 fully saturated rings. The Morgan fingerprint density at radius 2 is 2.20 bits per heavy atom. The Morgan fingerprint density at radius 1 is 1.47 bits per heavy atom. The van der Waals surface area contributed by atoms with Crippen molar-refractivity contribution in [2.24, 2.45) is 5.92 Å². The predicted molar refractivity (Wildman–Crippen MR) is 58.7 cm³/mol. The predicted octanol–water partition coefficient (Wildman–Crippen LogP) is 2.58. The molecule has 3 nitrogen and oxygen atoms in total. The van der Waals surface area contributed by atoms with E-state index in [4.69, 9.17) is 9.15 Å². The lowest BCUT2D eigenvalue weighted by Crippen LogP contribution is -2.24. The summed E-state index contributed by atoms with van der Waals surface area (Å²) in [6.07, 6.45) is 3.82. The SMILES string of the molecule is O=C(Cc1coc(Br)c1)C1CCOCC1. The summed E-state index contributed by atoms with van der Waals surface area (Å²) in [7, 11) is 0. The van der Waals surface area contributed by atoms with Crippen molar-refractivity contribution in [1.82, 2.24) is 0 Å². The van der Waals surface area contributed by atoms with Crippen LogP contribution in [0.15, 0.2) is 21.4 Å². The molecule has 0 spiro atoms. The van der Waals surface area contributed by atoms with Gasteiger partial charge in [-0.05, 0) is 40.4 Å². The molecule has 15 heavy (non-hydrogen) atoms. The van der Waals surface area contributed by atoms with Crippen LogP contribution in [0, 0.1) is 5.92 Å². The molecule has 1 aliphatic heterocycles. The highest BCUT2D eigenvalue weighted by atomic mass is 79.9.